The molecule has 6 heteroatoms. The topological polar surface area (TPSA) is 46.2 Å². The minimum absolute atomic E-state index is 0.214. The molecule has 3 aliphatic rings. The third-order valence-electron chi connectivity index (χ3n) is 6.57. The minimum Gasteiger partial charge on any atom is -0.468 e. The number of hydrogen-bond acceptors (Lipinski definition) is 4. The molecule has 4 unspecified atom stereocenters. The zero-order valence-corrected chi connectivity index (χ0v) is 16.7. The molecule has 3 saturated heterocycles. The van der Waals surface area contributed by atoms with Crippen LogP contribution in [0.1, 0.15) is 30.2 Å². The summed E-state index contributed by atoms with van der Waals surface area (Å²) >= 11 is 0. The Labute approximate surface area is 170 Å². The molecule has 3 aliphatic heterocycles. The van der Waals surface area contributed by atoms with Crippen LogP contribution in [0.25, 0.3) is 11.3 Å². The summed E-state index contributed by atoms with van der Waals surface area (Å²) in [4.78, 5) is 2.63. The molecule has 1 N–H and O–H groups in total. The van der Waals surface area contributed by atoms with Crippen molar-refractivity contribution in [2.75, 3.05) is 19.6 Å². The molecule has 3 aromatic rings. The van der Waals surface area contributed by atoms with Crippen LogP contribution < -0.4 is 5.32 Å². The van der Waals surface area contributed by atoms with E-state index in [1.165, 1.54) is 37.2 Å². The average Bonchev–Trinajstić information content (AvgIpc) is 3.39. The van der Waals surface area contributed by atoms with E-state index in [0.717, 1.165) is 36.7 Å². The summed E-state index contributed by atoms with van der Waals surface area (Å²) in [5, 5.41) is 8.27. The Morgan fingerprint density at radius 2 is 2.10 bits per heavy atom. The van der Waals surface area contributed by atoms with E-state index >= 15 is 0 Å². The zero-order chi connectivity index (χ0) is 19.8. The first-order valence-corrected chi connectivity index (χ1v) is 10.4. The fourth-order valence-corrected chi connectivity index (χ4v) is 5.05. The molecule has 0 spiro atoms. The zero-order valence-electron chi connectivity index (χ0n) is 16.7. The van der Waals surface area contributed by atoms with Gasteiger partial charge in [0.1, 0.15) is 11.6 Å². The third kappa shape index (κ3) is 3.74. The second-order valence-electron chi connectivity index (χ2n) is 8.33. The lowest BCUT2D eigenvalue weighted by atomic mass is 9.74. The van der Waals surface area contributed by atoms with Gasteiger partial charge < -0.3 is 9.73 Å². The van der Waals surface area contributed by atoms with Gasteiger partial charge in [0.25, 0.3) is 0 Å². The summed E-state index contributed by atoms with van der Waals surface area (Å²) in [5.74, 6) is 1.97. The Morgan fingerprint density at radius 1 is 1.24 bits per heavy atom. The van der Waals surface area contributed by atoms with Gasteiger partial charge in [-0.3, -0.25) is 9.58 Å². The first kappa shape index (κ1) is 18.6. The predicted octanol–water partition coefficient (Wildman–Crippen LogP) is 3.79. The van der Waals surface area contributed by atoms with Gasteiger partial charge in [0.2, 0.25) is 0 Å². The normalized spacial score (nSPS) is 26.1. The number of aryl methyl sites for hydroxylation is 1. The van der Waals surface area contributed by atoms with Crippen LogP contribution in [0, 0.1) is 11.7 Å². The molecule has 5 nitrogen and oxygen atoms in total. The first-order valence-electron chi connectivity index (χ1n) is 10.4. The highest BCUT2D eigenvalue weighted by molar-refractivity contribution is 5.59. The van der Waals surface area contributed by atoms with Crippen molar-refractivity contribution < 1.29 is 8.81 Å². The summed E-state index contributed by atoms with van der Waals surface area (Å²) in [6, 6.07) is 13.3. The van der Waals surface area contributed by atoms with E-state index in [1.54, 1.807) is 18.4 Å². The van der Waals surface area contributed by atoms with Crippen LogP contribution >= 0.6 is 0 Å². The van der Waals surface area contributed by atoms with Gasteiger partial charge in [-0.15, -0.1) is 0 Å². The maximum atomic E-state index is 13.2. The van der Waals surface area contributed by atoms with Crippen LogP contribution in [-0.4, -0.2) is 40.4 Å². The highest BCUT2D eigenvalue weighted by atomic mass is 19.1. The average molecular weight is 394 g/mol. The van der Waals surface area contributed by atoms with Gasteiger partial charge in [0.05, 0.1) is 18.5 Å². The lowest BCUT2D eigenvalue weighted by molar-refractivity contribution is 0.0280. The molecule has 29 heavy (non-hydrogen) atoms. The molecule has 0 radical (unpaired) electrons. The third-order valence-corrected chi connectivity index (χ3v) is 6.57. The second-order valence-corrected chi connectivity index (χ2v) is 8.33. The van der Waals surface area contributed by atoms with Crippen molar-refractivity contribution >= 4 is 0 Å². The van der Waals surface area contributed by atoms with E-state index < -0.39 is 0 Å². The number of aromatic nitrogens is 2. The molecular weight excluding hydrogens is 367 g/mol. The summed E-state index contributed by atoms with van der Waals surface area (Å²) in [6.45, 7) is 4.04. The molecule has 5 heterocycles. The van der Waals surface area contributed by atoms with Crippen LogP contribution in [0.5, 0.6) is 0 Å². The Kier molecular flexibility index (Phi) is 4.97. The molecule has 4 atom stereocenters. The Balaban J connectivity index is 1.26. The summed E-state index contributed by atoms with van der Waals surface area (Å²) in [6.07, 6.45) is 4.19. The number of piperidine rings is 3. The number of nitrogens with one attached hydrogen (secondary N) is 1. The van der Waals surface area contributed by atoms with Gasteiger partial charge in [-0.25, -0.2) is 4.39 Å². The molecule has 0 saturated carbocycles. The van der Waals surface area contributed by atoms with Crippen molar-refractivity contribution in [2.45, 2.75) is 31.3 Å². The second kappa shape index (κ2) is 7.76. The van der Waals surface area contributed by atoms with Crippen LogP contribution in [-0.2, 0) is 13.6 Å². The molecule has 2 aromatic heterocycles. The maximum absolute atomic E-state index is 13.2. The number of rotatable bonds is 6. The van der Waals surface area contributed by atoms with E-state index in [0.29, 0.717) is 17.9 Å². The smallest absolute Gasteiger partial charge is 0.123 e. The van der Waals surface area contributed by atoms with Gasteiger partial charge >= 0.3 is 0 Å². The van der Waals surface area contributed by atoms with Crippen LogP contribution in [0.15, 0.2) is 53.1 Å². The molecule has 2 bridgehead atoms. The molecule has 0 amide bonds. The van der Waals surface area contributed by atoms with Crippen LogP contribution in [0.3, 0.4) is 0 Å². The number of furan rings is 1. The monoisotopic (exact) mass is 394 g/mol. The lowest BCUT2D eigenvalue weighted by Gasteiger charge is -2.50. The lowest BCUT2D eigenvalue weighted by Crippen LogP contribution is -2.55. The standard InChI is InChI=1S/C23H27FN4O/c1-27-23(12-22(26-27)16-4-6-18(24)7-5-16)21-15-28-9-8-17(21)11-19(28)13-25-14-20-3-2-10-29-20/h2-7,10,12,17,19,21,25H,8-9,11,13-15H2,1H3. The number of hydrogen-bond donors (Lipinski definition) is 1. The van der Waals surface area contributed by atoms with Crippen molar-refractivity contribution in [2.24, 2.45) is 13.0 Å². The Bertz CT molecular complexity index is 950. The molecule has 3 fully saturated rings. The summed E-state index contributed by atoms with van der Waals surface area (Å²) in [7, 11) is 2.03. The molecule has 1 aromatic carbocycles. The predicted molar refractivity (Wildman–Crippen MR) is 110 cm³/mol. The summed E-state index contributed by atoms with van der Waals surface area (Å²) in [5.41, 5.74) is 3.19. The van der Waals surface area contributed by atoms with Crippen molar-refractivity contribution in [3.63, 3.8) is 0 Å². The van der Waals surface area contributed by atoms with Crippen molar-refractivity contribution in [1.29, 1.82) is 0 Å². The highest BCUT2D eigenvalue weighted by Crippen LogP contribution is 2.42. The fraction of sp³-hybridized carbons (Fsp3) is 0.435. The number of nitrogens with zero attached hydrogens (tertiary/aromatic N) is 3. The van der Waals surface area contributed by atoms with Gasteiger partial charge in [0, 0.05) is 43.4 Å². The highest BCUT2D eigenvalue weighted by Gasteiger charge is 2.41. The Hall–Kier alpha value is -2.44. The van der Waals surface area contributed by atoms with E-state index in [9.17, 15) is 4.39 Å². The fourth-order valence-electron chi connectivity index (χ4n) is 5.05. The van der Waals surface area contributed by atoms with Crippen molar-refractivity contribution in [1.82, 2.24) is 20.0 Å². The van der Waals surface area contributed by atoms with Crippen LogP contribution in [0.4, 0.5) is 4.39 Å². The van der Waals surface area contributed by atoms with Crippen molar-refractivity contribution in [3.05, 3.63) is 66.0 Å². The van der Waals surface area contributed by atoms with E-state index in [1.807, 2.05) is 23.9 Å². The minimum atomic E-state index is -0.214. The number of benzene rings is 1. The molecule has 0 aliphatic carbocycles. The molecule has 152 valence electrons. The van der Waals surface area contributed by atoms with E-state index in [-0.39, 0.29) is 5.82 Å². The quantitative estimate of drug-likeness (QED) is 0.691. The SMILES string of the molecule is Cn1nc(-c2ccc(F)cc2)cc1C1CN2CCC1CC2CNCc1ccco1. The van der Waals surface area contributed by atoms with E-state index in [2.05, 4.69) is 16.3 Å². The first-order chi connectivity index (χ1) is 14.2. The van der Waals surface area contributed by atoms with Gasteiger partial charge in [-0.1, -0.05) is 0 Å². The van der Waals surface area contributed by atoms with Gasteiger partial charge in [-0.05, 0) is 67.8 Å². The molecule has 6 rings (SSSR count). The van der Waals surface area contributed by atoms with Gasteiger partial charge in [0.15, 0.2) is 0 Å². The Morgan fingerprint density at radius 3 is 2.83 bits per heavy atom. The maximum Gasteiger partial charge on any atom is 0.123 e. The number of fused-ring (bicyclic) bond motifs is 3. The number of halogens is 1. The van der Waals surface area contributed by atoms with Crippen molar-refractivity contribution in [3.8, 4) is 11.3 Å². The largest absolute Gasteiger partial charge is 0.468 e. The van der Waals surface area contributed by atoms with Crippen LogP contribution in [0.2, 0.25) is 0 Å². The van der Waals surface area contributed by atoms with E-state index in [4.69, 9.17) is 9.52 Å². The van der Waals surface area contributed by atoms with Gasteiger partial charge in [-0.2, -0.15) is 5.10 Å². The molecular formula is C23H27FN4O. The summed E-state index contributed by atoms with van der Waals surface area (Å²) < 4.78 is 20.7.